The van der Waals surface area contributed by atoms with Gasteiger partial charge in [0, 0.05) is 23.3 Å². The molecule has 0 aliphatic rings. The molecule has 4 heteroatoms. The fourth-order valence-electron chi connectivity index (χ4n) is 1.03. The highest BCUT2D eigenvalue weighted by Gasteiger charge is 2.01. The van der Waals surface area contributed by atoms with Crippen LogP contribution in [0.4, 0.5) is 10.1 Å². The SMILES string of the molecule is Nc1cc(F)nc2[nH]ccc12. The number of rotatable bonds is 0. The molecular formula is C7H6FN3. The van der Waals surface area contributed by atoms with Crippen LogP contribution in [0.25, 0.3) is 11.0 Å². The molecule has 0 aromatic carbocycles. The minimum Gasteiger partial charge on any atom is -0.398 e. The number of nitrogens with one attached hydrogen (secondary N) is 1. The van der Waals surface area contributed by atoms with E-state index in [9.17, 15) is 4.39 Å². The molecule has 0 amide bonds. The van der Waals surface area contributed by atoms with Crippen molar-refractivity contribution < 1.29 is 4.39 Å². The predicted molar refractivity (Wildman–Crippen MR) is 40.5 cm³/mol. The Morgan fingerprint density at radius 2 is 2.36 bits per heavy atom. The lowest BCUT2D eigenvalue weighted by molar-refractivity contribution is 0.589. The second kappa shape index (κ2) is 1.95. The van der Waals surface area contributed by atoms with Gasteiger partial charge >= 0.3 is 0 Å². The number of aromatic amines is 1. The molecule has 56 valence electrons. The monoisotopic (exact) mass is 151 g/mol. The van der Waals surface area contributed by atoms with Gasteiger partial charge < -0.3 is 10.7 Å². The quantitative estimate of drug-likeness (QED) is 0.557. The molecule has 0 bridgehead atoms. The second-order valence-corrected chi connectivity index (χ2v) is 2.27. The predicted octanol–water partition coefficient (Wildman–Crippen LogP) is 1.28. The molecule has 0 aliphatic carbocycles. The van der Waals surface area contributed by atoms with E-state index in [1.54, 1.807) is 12.3 Å². The van der Waals surface area contributed by atoms with Crippen LogP contribution in [0.3, 0.4) is 0 Å². The van der Waals surface area contributed by atoms with E-state index in [2.05, 4.69) is 9.97 Å². The fourth-order valence-corrected chi connectivity index (χ4v) is 1.03. The summed E-state index contributed by atoms with van der Waals surface area (Å²) >= 11 is 0. The van der Waals surface area contributed by atoms with Gasteiger partial charge in [0.15, 0.2) is 0 Å². The van der Waals surface area contributed by atoms with Crippen molar-refractivity contribution in [2.75, 3.05) is 5.73 Å². The number of nitrogens with two attached hydrogens (primary N) is 1. The smallest absolute Gasteiger partial charge is 0.216 e. The maximum Gasteiger partial charge on any atom is 0.216 e. The first kappa shape index (κ1) is 6.15. The first-order valence-corrected chi connectivity index (χ1v) is 3.16. The van der Waals surface area contributed by atoms with Gasteiger partial charge in [-0.3, -0.25) is 0 Å². The molecule has 0 unspecified atom stereocenters. The fraction of sp³-hybridized carbons (Fsp3) is 0. The zero-order valence-electron chi connectivity index (χ0n) is 5.63. The number of halogens is 1. The molecule has 2 aromatic heterocycles. The van der Waals surface area contributed by atoms with Crippen molar-refractivity contribution in [3.05, 3.63) is 24.3 Å². The number of nitrogens with zero attached hydrogens (tertiary/aromatic N) is 1. The number of pyridine rings is 1. The summed E-state index contributed by atoms with van der Waals surface area (Å²) in [5.74, 6) is -0.558. The highest BCUT2D eigenvalue weighted by molar-refractivity contribution is 5.87. The van der Waals surface area contributed by atoms with Gasteiger partial charge in [0.05, 0.1) is 0 Å². The summed E-state index contributed by atoms with van der Waals surface area (Å²) in [6, 6.07) is 2.97. The van der Waals surface area contributed by atoms with Crippen LogP contribution in [-0.2, 0) is 0 Å². The molecule has 0 spiro atoms. The van der Waals surface area contributed by atoms with Gasteiger partial charge in [-0.2, -0.15) is 4.39 Å². The van der Waals surface area contributed by atoms with E-state index >= 15 is 0 Å². The van der Waals surface area contributed by atoms with E-state index in [-0.39, 0.29) is 0 Å². The molecule has 0 atom stereocenters. The Bertz CT molecular complexity index is 393. The third kappa shape index (κ3) is 0.832. The topological polar surface area (TPSA) is 54.7 Å². The molecular weight excluding hydrogens is 145 g/mol. The van der Waals surface area contributed by atoms with Crippen LogP contribution < -0.4 is 5.73 Å². The average Bonchev–Trinajstić information content (AvgIpc) is 2.34. The molecule has 0 fully saturated rings. The molecule has 0 saturated heterocycles. The normalized spacial score (nSPS) is 10.6. The molecule has 0 radical (unpaired) electrons. The van der Waals surface area contributed by atoms with Crippen molar-refractivity contribution in [2.45, 2.75) is 0 Å². The van der Waals surface area contributed by atoms with E-state index in [4.69, 9.17) is 5.73 Å². The third-order valence-electron chi connectivity index (χ3n) is 1.53. The van der Waals surface area contributed by atoms with Crippen LogP contribution in [0.2, 0.25) is 0 Å². The van der Waals surface area contributed by atoms with Gasteiger partial charge in [-0.05, 0) is 6.07 Å². The molecule has 0 aliphatic heterocycles. The number of anilines is 1. The van der Waals surface area contributed by atoms with Crippen LogP contribution in [0.1, 0.15) is 0 Å². The summed E-state index contributed by atoms with van der Waals surface area (Å²) in [5.41, 5.74) is 6.40. The summed E-state index contributed by atoms with van der Waals surface area (Å²) in [6.45, 7) is 0. The number of hydrogen-bond acceptors (Lipinski definition) is 2. The Morgan fingerprint density at radius 3 is 3.18 bits per heavy atom. The van der Waals surface area contributed by atoms with Crippen LogP contribution >= 0.6 is 0 Å². The zero-order chi connectivity index (χ0) is 7.84. The van der Waals surface area contributed by atoms with Gasteiger partial charge in [-0.15, -0.1) is 0 Å². The summed E-state index contributed by atoms with van der Waals surface area (Å²) in [5, 5.41) is 0.756. The molecule has 3 nitrogen and oxygen atoms in total. The number of H-pyrrole nitrogens is 1. The summed E-state index contributed by atoms with van der Waals surface area (Å²) in [4.78, 5) is 6.36. The van der Waals surface area contributed by atoms with Crippen molar-refractivity contribution in [3.8, 4) is 0 Å². The molecule has 3 N–H and O–H groups in total. The average molecular weight is 151 g/mol. The number of nitrogen functional groups attached to an aromatic ring is 1. The first-order valence-electron chi connectivity index (χ1n) is 3.16. The lowest BCUT2D eigenvalue weighted by Gasteiger charge is -1.94. The van der Waals surface area contributed by atoms with E-state index in [1.165, 1.54) is 6.07 Å². The Balaban J connectivity index is 2.91. The van der Waals surface area contributed by atoms with Crippen molar-refractivity contribution in [2.24, 2.45) is 0 Å². The van der Waals surface area contributed by atoms with Crippen molar-refractivity contribution in [1.82, 2.24) is 9.97 Å². The zero-order valence-corrected chi connectivity index (χ0v) is 5.63. The van der Waals surface area contributed by atoms with E-state index in [1.807, 2.05) is 0 Å². The Morgan fingerprint density at radius 1 is 1.55 bits per heavy atom. The lowest BCUT2D eigenvalue weighted by Crippen LogP contribution is -1.90. The minimum absolute atomic E-state index is 0.411. The minimum atomic E-state index is -0.558. The lowest BCUT2D eigenvalue weighted by atomic mass is 10.3. The van der Waals surface area contributed by atoms with Crippen molar-refractivity contribution in [3.63, 3.8) is 0 Å². The van der Waals surface area contributed by atoms with Crippen LogP contribution in [0.5, 0.6) is 0 Å². The van der Waals surface area contributed by atoms with Crippen LogP contribution in [0, 0.1) is 5.95 Å². The van der Waals surface area contributed by atoms with Gasteiger partial charge in [-0.1, -0.05) is 0 Å². The summed E-state index contributed by atoms with van der Waals surface area (Å²) in [6.07, 6.45) is 1.67. The standard InChI is InChI=1S/C7H6FN3/c8-6-3-5(9)4-1-2-10-7(4)11-6/h1-3H,(H3,9,10,11). The Kier molecular flexibility index (Phi) is 1.09. The van der Waals surface area contributed by atoms with Gasteiger partial charge in [0.25, 0.3) is 0 Å². The molecule has 2 rings (SSSR count). The van der Waals surface area contributed by atoms with Crippen molar-refractivity contribution >= 4 is 16.7 Å². The molecule has 0 saturated carbocycles. The number of fused-ring (bicyclic) bond motifs is 1. The summed E-state index contributed by atoms with van der Waals surface area (Å²) < 4.78 is 12.6. The first-order chi connectivity index (χ1) is 5.27. The number of hydrogen-bond donors (Lipinski definition) is 2. The van der Waals surface area contributed by atoms with E-state index in [0.29, 0.717) is 11.3 Å². The Hall–Kier alpha value is -1.58. The summed E-state index contributed by atoms with van der Waals surface area (Å²) in [7, 11) is 0. The van der Waals surface area contributed by atoms with Crippen molar-refractivity contribution in [1.29, 1.82) is 0 Å². The molecule has 11 heavy (non-hydrogen) atoms. The maximum atomic E-state index is 12.6. The molecule has 2 heterocycles. The largest absolute Gasteiger partial charge is 0.398 e. The highest BCUT2D eigenvalue weighted by atomic mass is 19.1. The van der Waals surface area contributed by atoms with Crippen LogP contribution in [-0.4, -0.2) is 9.97 Å². The van der Waals surface area contributed by atoms with E-state index < -0.39 is 5.95 Å². The van der Waals surface area contributed by atoms with Gasteiger partial charge in [0.1, 0.15) is 5.65 Å². The van der Waals surface area contributed by atoms with E-state index in [0.717, 1.165) is 5.39 Å². The second-order valence-electron chi connectivity index (χ2n) is 2.27. The van der Waals surface area contributed by atoms with Gasteiger partial charge in [-0.25, -0.2) is 4.98 Å². The number of aromatic nitrogens is 2. The third-order valence-corrected chi connectivity index (χ3v) is 1.53. The maximum absolute atomic E-state index is 12.6. The molecule has 2 aromatic rings. The highest BCUT2D eigenvalue weighted by Crippen LogP contribution is 2.17. The van der Waals surface area contributed by atoms with Crippen LogP contribution in [0.15, 0.2) is 18.3 Å². The van der Waals surface area contributed by atoms with Gasteiger partial charge in [0.2, 0.25) is 5.95 Å². The Labute approximate surface area is 62.0 Å².